The summed E-state index contributed by atoms with van der Waals surface area (Å²) in [7, 11) is 1.42. The normalized spacial score (nSPS) is 17.0. The Morgan fingerprint density at radius 1 is 1.11 bits per heavy atom. The fraction of sp³-hybridized carbons (Fsp3) is 0.889. The van der Waals surface area contributed by atoms with E-state index in [0.717, 1.165) is 39.4 Å². The molecule has 1 aliphatic heterocycles. The van der Waals surface area contributed by atoms with Crippen molar-refractivity contribution < 1.29 is 22.6 Å². The van der Waals surface area contributed by atoms with Gasteiger partial charge in [0.15, 0.2) is 0 Å². The molecular formula is C18H40IN3O5S. The number of rotatable bonds is 11. The van der Waals surface area contributed by atoms with Crippen molar-refractivity contribution in [2.24, 2.45) is 11.1 Å². The Hall–Kier alpha value is 0.180. The summed E-state index contributed by atoms with van der Waals surface area (Å²) >= 11 is 2.15. The van der Waals surface area contributed by atoms with E-state index in [0.29, 0.717) is 12.5 Å². The summed E-state index contributed by atoms with van der Waals surface area (Å²) in [5, 5.41) is 7.74. The molecule has 0 aromatic heterocycles. The zero-order valence-corrected chi connectivity index (χ0v) is 21.0. The highest BCUT2D eigenvalue weighted by Gasteiger charge is 2.26. The summed E-state index contributed by atoms with van der Waals surface area (Å²) in [6.45, 7) is 11.3. The molecule has 0 radical (unpaired) electrons. The van der Waals surface area contributed by atoms with E-state index in [1.165, 1.54) is 7.11 Å². The van der Waals surface area contributed by atoms with Gasteiger partial charge in [0, 0.05) is 47.5 Å². The molecule has 10 heteroatoms. The third kappa shape index (κ3) is 14.2. The minimum atomic E-state index is -3.52. The Labute approximate surface area is 185 Å². The Kier molecular flexibility index (Phi) is 20.8. The van der Waals surface area contributed by atoms with E-state index >= 15 is 0 Å². The second kappa shape index (κ2) is 19.2. The molecule has 3 N–H and O–H groups in total. The lowest BCUT2D eigenvalue weighted by atomic mass is 10.0. The van der Waals surface area contributed by atoms with E-state index in [-0.39, 0.29) is 12.5 Å². The van der Waals surface area contributed by atoms with Crippen LogP contribution in [0.3, 0.4) is 0 Å². The fourth-order valence-corrected chi connectivity index (χ4v) is 3.94. The Morgan fingerprint density at radius 2 is 1.57 bits per heavy atom. The lowest BCUT2D eigenvalue weighted by Crippen LogP contribution is -2.51. The van der Waals surface area contributed by atoms with Crippen molar-refractivity contribution in [3.63, 3.8) is 0 Å². The van der Waals surface area contributed by atoms with Crippen LogP contribution in [-0.4, -0.2) is 96.9 Å². The first-order valence-corrected chi connectivity index (χ1v) is 13.0. The van der Waals surface area contributed by atoms with E-state index < -0.39 is 15.3 Å². The number of primary sulfonamides is 1. The molecule has 0 amide bonds. The molecule has 0 unspecified atom stereocenters. The molecule has 1 rings (SSSR count). The minimum Gasteiger partial charge on any atom is -0.383 e. The maximum atomic E-state index is 11.1. The van der Waals surface area contributed by atoms with Gasteiger partial charge in [0.2, 0.25) is 10.0 Å². The zero-order valence-electron chi connectivity index (χ0n) is 18.0. The summed E-state index contributed by atoms with van der Waals surface area (Å²) in [5.41, 5.74) is 0. The van der Waals surface area contributed by atoms with Crippen molar-refractivity contribution in [3.05, 3.63) is 12.7 Å². The first kappa shape index (κ1) is 30.4. The van der Waals surface area contributed by atoms with Crippen LogP contribution >= 0.6 is 22.6 Å². The number of hydrogen-bond acceptors (Lipinski definition) is 7. The number of methoxy groups -OCH3 is 3. The van der Waals surface area contributed by atoms with Crippen LogP contribution in [0.1, 0.15) is 13.3 Å². The van der Waals surface area contributed by atoms with Crippen LogP contribution in [0.4, 0.5) is 0 Å². The first-order chi connectivity index (χ1) is 13.3. The number of nitrogens with zero attached hydrogens (tertiary/aromatic N) is 1. The van der Waals surface area contributed by atoms with Crippen LogP contribution < -0.4 is 10.5 Å². The Balaban J connectivity index is 0. The number of nitrogens with two attached hydrogens (primary N) is 1. The van der Waals surface area contributed by atoms with Gasteiger partial charge in [-0.15, -0.1) is 6.58 Å². The van der Waals surface area contributed by atoms with Gasteiger partial charge >= 0.3 is 0 Å². The second-order valence-corrected chi connectivity index (χ2v) is 8.22. The molecule has 2 atom stereocenters. The predicted molar refractivity (Wildman–Crippen MR) is 125 cm³/mol. The molecule has 1 saturated heterocycles. The number of ether oxygens (including phenoxy) is 3. The Morgan fingerprint density at radius 3 is 1.93 bits per heavy atom. The first-order valence-electron chi connectivity index (χ1n) is 9.23. The van der Waals surface area contributed by atoms with Crippen LogP contribution in [0.25, 0.3) is 0 Å². The van der Waals surface area contributed by atoms with Gasteiger partial charge in [-0.25, -0.2) is 13.6 Å². The number of piperazine rings is 1. The highest BCUT2D eigenvalue weighted by atomic mass is 127. The molecule has 0 spiro atoms. The van der Waals surface area contributed by atoms with Gasteiger partial charge in [0.25, 0.3) is 0 Å². The number of allylic oxidation sites excluding steroid dienone is 1. The summed E-state index contributed by atoms with van der Waals surface area (Å²) < 4.78 is 37.3. The third-order valence-electron chi connectivity index (χ3n) is 4.31. The van der Waals surface area contributed by atoms with Crippen molar-refractivity contribution in [1.29, 1.82) is 0 Å². The second-order valence-electron chi connectivity index (χ2n) is 6.43. The third-order valence-corrected chi connectivity index (χ3v) is 5.76. The van der Waals surface area contributed by atoms with Crippen molar-refractivity contribution in [3.8, 4) is 0 Å². The quantitative estimate of drug-likeness (QED) is 0.231. The average molecular weight is 538 g/mol. The SMILES string of the molecule is C=CC[C@H](C)[C@@H](COC)S(N)(=O)=O.CI.COCC(COC)N1CCNCC1. The van der Waals surface area contributed by atoms with Crippen molar-refractivity contribution >= 4 is 32.6 Å². The number of nitrogens with one attached hydrogen (secondary N) is 1. The number of halogens is 1. The number of hydrogen-bond donors (Lipinski definition) is 2. The van der Waals surface area contributed by atoms with E-state index in [4.69, 9.17) is 19.3 Å². The van der Waals surface area contributed by atoms with Gasteiger partial charge in [0.1, 0.15) is 5.25 Å². The van der Waals surface area contributed by atoms with E-state index in [2.05, 4.69) is 39.4 Å². The van der Waals surface area contributed by atoms with Crippen molar-refractivity contribution in [2.75, 3.05) is 72.3 Å². The topological polar surface area (TPSA) is 103 Å². The predicted octanol–water partition coefficient (Wildman–Crippen LogP) is 1.11. The fourth-order valence-electron chi connectivity index (χ4n) is 2.85. The largest absolute Gasteiger partial charge is 0.383 e. The average Bonchev–Trinajstić information content (AvgIpc) is 2.68. The smallest absolute Gasteiger partial charge is 0.214 e. The minimum absolute atomic E-state index is 0.0625. The van der Waals surface area contributed by atoms with Gasteiger partial charge < -0.3 is 19.5 Å². The van der Waals surface area contributed by atoms with Crippen LogP contribution in [0.15, 0.2) is 12.7 Å². The molecule has 0 aromatic rings. The molecule has 0 aliphatic carbocycles. The lowest BCUT2D eigenvalue weighted by Gasteiger charge is -2.34. The standard InChI is InChI=1S/C9H20N2O2.C8H17NO3S.CH3I/c1-12-7-9(8-13-2)11-5-3-10-4-6-11;1-4-5-7(2)8(6-12-3)13(9,10)11;1-2/h9-10H,3-8H2,1-2H3;4,7-8H,1,5-6H2,2-3H3,(H2,9,10,11);1H3/t;7-,8+;/m.0./s1. The van der Waals surface area contributed by atoms with Crippen molar-refractivity contribution in [2.45, 2.75) is 24.6 Å². The molecule has 0 saturated carbocycles. The zero-order chi connectivity index (χ0) is 22.0. The highest BCUT2D eigenvalue weighted by Crippen LogP contribution is 2.14. The molecular weight excluding hydrogens is 497 g/mol. The van der Waals surface area contributed by atoms with Gasteiger partial charge in [-0.2, -0.15) is 0 Å². The van der Waals surface area contributed by atoms with Gasteiger partial charge in [-0.1, -0.05) is 35.6 Å². The Bertz CT molecular complexity index is 456. The molecule has 170 valence electrons. The van der Waals surface area contributed by atoms with Gasteiger partial charge in [-0.05, 0) is 17.3 Å². The highest BCUT2D eigenvalue weighted by molar-refractivity contribution is 14.1. The van der Waals surface area contributed by atoms with Gasteiger partial charge in [-0.3, -0.25) is 4.90 Å². The van der Waals surface area contributed by atoms with E-state index in [9.17, 15) is 8.42 Å². The van der Waals surface area contributed by atoms with Crippen molar-refractivity contribution in [1.82, 2.24) is 10.2 Å². The summed E-state index contributed by atoms with van der Waals surface area (Å²) in [4.78, 5) is 4.39. The van der Waals surface area contributed by atoms with E-state index in [1.54, 1.807) is 20.3 Å². The summed E-state index contributed by atoms with van der Waals surface area (Å²) in [5.74, 6) is -0.0625. The number of alkyl halides is 1. The molecule has 1 heterocycles. The molecule has 1 aliphatic rings. The maximum Gasteiger partial charge on any atom is 0.214 e. The monoisotopic (exact) mass is 537 g/mol. The van der Waals surface area contributed by atoms with E-state index in [1.807, 2.05) is 11.9 Å². The summed E-state index contributed by atoms with van der Waals surface area (Å²) in [6.07, 6.45) is 2.29. The molecule has 0 aromatic carbocycles. The molecule has 1 fully saturated rings. The summed E-state index contributed by atoms with van der Waals surface area (Å²) in [6, 6.07) is 0.414. The maximum absolute atomic E-state index is 11.1. The van der Waals surface area contributed by atoms with Gasteiger partial charge in [0.05, 0.1) is 25.9 Å². The molecule has 28 heavy (non-hydrogen) atoms. The van der Waals surface area contributed by atoms with Crippen LogP contribution in [0, 0.1) is 5.92 Å². The van der Waals surface area contributed by atoms with Crippen LogP contribution in [0.2, 0.25) is 0 Å². The van der Waals surface area contributed by atoms with Crippen LogP contribution in [-0.2, 0) is 24.2 Å². The van der Waals surface area contributed by atoms with Crippen LogP contribution in [0.5, 0.6) is 0 Å². The molecule has 8 nitrogen and oxygen atoms in total. The molecule has 0 bridgehead atoms. The lowest BCUT2D eigenvalue weighted by molar-refractivity contribution is 0.0303. The number of sulfonamides is 1.